The number of halogens is 1. The molecule has 2 N–H and O–H groups in total. The minimum absolute atomic E-state index is 0. The zero-order valence-corrected chi connectivity index (χ0v) is 21.7. The van der Waals surface area contributed by atoms with Gasteiger partial charge in [-0.2, -0.15) is 5.26 Å². The van der Waals surface area contributed by atoms with E-state index in [1.807, 2.05) is 24.3 Å². The summed E-state index contributed by atoms with van der Waals surface area (Å²) in [6.45, 7) is 0. The van der Waals surface area contributed by atoms with Crippen LogP contribution in [0.4, 0.5) is 0 Å². The number of phenolic OH excluding ortho intramolecular Hbond substituents is 1. The van der Waals surface area contributed by atoms with Crippen LogP contribution in [0, 0.1) is 16.7 Å². The molecule has 2 aromatic carbocycles. The molecule has 9 heteroatoms. The first kappa shape index (κ1) is 31.5. The Kier molecular flexibility index (Phi) is 15.9. The van der Waals surface area contributed by atoms with Gasteiger partial charge in [0.2, 0.25) is 0 Å². The Hall–Kier alpha value is -3.57. The van der Waals surface area contributed by atoms with Crippen molar-refractivity contribution in [1.29, 1.82) is 10.7 Å². The fourth-order valence-electron chi connectivity index (χ4n) is 3.76. The molecule has 2 saturated carbocycles. The van der Waals surface area contributed by atoms with Gasteiger partial charge in [-0.15, -0.1) is 12.4 Å². The first-order chi connectivity index (χ1) is 17.5. The van der Waals surface area contributed by atoms with E-state index in [1.54, 1.807) is 42.5 Å². The number of nitriles is 1. The van der Waals surface area contributed by atoms with Gasteiger partial charge in [0.1, 0.15) is 36.5 Å². The van der Waals surface area contributed by atoms with Crippen LogP contribution in [0.2, 0.25) is 0 Å². The molecule has 0 aromatic heterocycles. The predicted molar refractivity (Wildman–Crippen MR) is 142 cm³/mol. The first-order valence-electron chi connectivity index (χ1n) is 12.3. The smallest absolute Gasteiger partial charge is 0.320 e. The van der Waals surface area contributed by atoms with Crippen LogP contribution in [0.3, 0.4) is 0 Å². The zero-order valence-electron chi connectivity index (χ0n) is 20.8. The summed E-state index contributed by atoms with van der Waals surface area (Å²) in [6, 6.07) is 19.5. The highest BCUT2D eigenvalue weighted by Crippen LogP contribution is 2.22. The summed E-state index contributed by atoms with van der Waals surface area (Å²) in [4.78, 5) is 22.3. The Morgan fingerprint density at radius 2 is 1.30 bits per heavy atom. The van der Waals surface area contributed by atoms with Gasteiger partial charge in [0.15, 0.2) is 5.90 Å². The molecule has 0 amide bonds. The van der Waals surface area contributed by atoms with Gasteiger partial charge in [0, 0.05) is 0 Å². The van der Waals surface area contributed by atoms with Gasteiger partial charge in [-0.1, -0.05) is 36.4 Å². The third-order valence-electron chi connectivity index (χ3n) is 5.47. The second kappa shape index (κ2) is 18.7. The molecule has 4 rings (SSSR count). The van der Waals surface area contributed by atoms with Crippen LogP contribution < -0.4 is 4.74 Å². The quantitative estimate of drug-likeness (QED) is 0.261. The molecule has 37 heavy (non-hydrogen) atoms. The van der Waals surface area contributed by atoms with Crippen molar-refractivity contribution >= 4 is 30.2 Å². The van der Waals surface area contributed by atoms with Crippen molar-refractivity contribution in [3.63, 3.8) is 0 Å². The van der Waals surface area contributed by atoms with Gasteiger partial charge < -0.3 is 19.3 Å². The summed E-state index contributed by atoms with van der Waals surface area (Å²) >= 11 is 0. The molecule has 0 unspecified atom stereocenters. The zero-order chi connectivity index (χ0) is 26.0. The summed E-state index contributed by atoms with van der Waals surface area (Å²) in [5.74, 6) is 0.0603. The van der Waals surface area contributed by atoms with Crippen molar-refractivity contribution in [2.45, 2.75) is 76.4 Å². The van der Waals surface area contributed by atoms with Crippen LogP contribution in [0.25, 0.3) is 0 Å². The molecule has 0 aliphatic heterocycles. The van der Waals surface area contributed by atoms with E-state index in [9.17, 15) is 9.59 Å². The third-order valence-corrected chi connectivity index (χ3v) is 5.47. The van der Waals surface area contributed by atoms with Crippen LogP contribution in [0.1, 0.15) is 64.2 Å². The van der Waals surface area contributed by atoms with E-state index in [0.29, 0.717) is 11.5 Å². The molecule has 2 aromatic rings. The fraction of sp³-hybridized carbons (Fsp3) is 0.429. The van der Waals surface area contributed by atoms with E-state index >= 15 is 0 Å². The molecule has 0 atom stereocenters. The van der Waals surface area contributed by atoms with Gasteiger partial charge >= 0.3 is 11.9 Å². The maximum atomic E-state index is 11.6. The number of carbonyl (C=O) groups is 2. The highest BCUT2D eigenvalue weighted by atomic mass is 35.5. The first-order valence-corrected chi connectivity index (χ1v) is 12.3. The lowest BCUT2D eigenvalue weighted by atomic mass is 10.3. The number of para-hydroxylation sites is 2. The summed E-state index contributed by atoms with van der Waals surface area (Å²) in [5, 5.41) is 24.4. The van der Waals surface area contributed by atoms with E-state index in [4.69, 9.17) is 30.0 Å². The van der Waals surface area contributed by atoms with E-state index in [1.165, 1.54) is 0 Å². The maximum absolute atomic E-state index is 11.6. The number of phenols is 1. The van der Waals surface area contributed by atoms with Crippen molar-refractivity contribution in [3.8, 4) is 17.6 Å². The number of esters is 2. The summed E-state index contributed by atoms with van der Waals surface area (Å²) in [6.07, 6.45) is 8.27. The monoisotopic (exact) mass is 530 g/mol. The number of hydrogen-bond donors (Lipinski definition) is 2. The van der Waals surface area contributed by atoms with Gasteiger partial charge in [0.25, 0.3) is 0 Å². The van der Waals surface area contributed by atoms with E-state index < -0.39 is 0 Å². The highest BCUT2D eigenvalue weighted by molar-refractivity contribution is 5.93. The number of aromatic hydroxyl groups is 1. The van der Waals surface area contributed by atoms with Gasteiger partial charge in [-0.05, 0) is 75.6 Å². The topological polar surface area (TPSA) is 130 Å². The molecule has 8 nitrogen and oxygen atoms in total. The summed E-state index contributed by atoms with van der Waals surface area (Å²) in [5.41, 5.74) is 0. The largest absolute Gasteiger partial charge is 0.508 e. The molecule has 200 valence electrons. The molecule has 0 bridgehead atoms. The second-order valence-corrected chi connectivity index (χ2v) is 8.48. The molecule has 2 aliphatic rings. The SMILES string of the molecule is Cl.N#CCC(=O)OC1CCCC1.N=C(CC(=O)OC1CCCC1)Oc1ccccc1.Oc1ccccc1. The second-order valence-electron chi connectivity index (χ2n) is 8.48. The number of carbonyl (C=O) groups excluding carboxylic acids is 2. The molecular formula is C28H35ClN2O6. The lowest BCUT2D eigenvalue weighted by Crippen LogP contribution is -2.19. The minimum Gasteiger partial charge on any atom is -0.508 e. The molecule has 0 heterocycles. The van der Waals surface area contributed by atoms with Crippen LogP contribution in [-0.2, 0) is 19.1 Å². The predicted octanol–water partition coefficient (Wildman–Crippen LogP) is 6.12. The summed E-state index contributed by atoms with van der Waals surface area (Å²) in [7, 11) is 0. The standard InChI is InChI=1S/C14H17NO3.C8H11NO2.C6H6O.ClH/c15-13(17-11-6-2-1-3-7-11)10-14(16)18-12-8-4-5-9-12;9-6-5-8(10)11-7-3-1-2-4-7;7-6-4-2-1-3-5-6;/h1-3,6-7,12,15H,4-5,8-10H2;7H,1-5H2;1-5,7H;1H. The van der Waals surface area contributed by atoms with E-state index in [0.717, 1.165) is 51.4 Å². The van der Waals surface area contributed by atoms with Crippen molar-refractivity contribution in [1.82, 2.24) is 0 Å². The third kappa shape index (κ3) is 14.6. The van der Waals surface area contributed by atoms with Crippen LogP contribution >= 0.6 is 12.4 Å². The Labute approximate surface area is 224 Å². The summed E-state index contributed by atoms with van der Waals surface area (Å²) < 4.78 is 15.5. The van der Waals surface area contributed by atoms with Crippen molar-refractivity contribution in [2.75, 3.05) is 0 Å². The number of ether oxygens (including phenoxy) is 3. The van der Waals surface area contributed by atoms with Crippen LogP contribution in [0.5, 0.6) is 11.5 Å². The number of benzene rings is 2. The average molecular weight is 531 g/mol. The Balaban J connectivity index is 0.000000306. The molecule has 0 spiro atoms. The van der Waals surface area contributed by atoms with E-state index in [-0.39, 0.29) is 55.3 Å². The fourth-order valence-corrected chi connectivity index (χ4v) is 3.76. The normalized spacial score (nSPS) is 14.4. The highest BCUT2D eigenvalue weighted by Gasteiger charge is 2.20. The average Bonchev–Trinajstić information content (AvgIpc) is 3.56. The maximum Gasteiger partial charge on any atom is 0.320 e. The van der Waals surface area contributed by atoms with Crippen molar-refractivity contribution in [3.05, 3.63) is 60.7 Å². The van der Waals surface area contributed by atoms with Gasteiger partial charge in [-0.25, -0.2) is 0 Å². The lowest BCUT2D eigenvalue weighted by molar-refractivity contribution is -0.148. The molecule has 0 saturated heterocycles. The van der Waals surface area contributed by atoms with E-state index in [2.05, 4.69) is 0 Å². The number of rotatable bonds is 6. The molecule has 2 fully saturated rings. The number of nitrogens with one attached hydrogen (secondary N) is 1. The number of hydrogen-bond acceptors (Lipinski definition) is 8. The number of nitrogens with zero attached hydrogens (tertiary/aromatic N) is 1. The van der Waals surface area contributed by atoms with Gasteiger partial charge in [-0.3, -0.25) is 15.0 Å². The molecule has 2 aliphatic carbocycles. The molecular weight excluding hydrogens is 496 g/mol. The Morgan fingerprint density at radius 3 is 1.73 bits per heavy atom. The van der Waals surface area contributed by atoms with Crippen LogP contribution in [0.15, 0.2) is 60.7 Å². The Bertz CT molecular complexity index is 969. The van der Waals surface area contributed by atoms with Gasteiger partial charge in [0.05, 0.1) is 6.07 Å². The Morgan fingerprint density at radius 1 is 0.838 bits per heavy atom. The van der Waals surface area contributed by atoms with Crippen molar-refractivity contribution < 1.29 is 28.9 Å². The molecule has 0 radical (unpaired) electrons. The van der Waals surface area contributed by atoms with Crippen molar-refractivity contribution in [2.24, 2.45) is 0 Å². The minimum atomic E-state index is -0.376. The lowest BCUT2D eigenvalue weighted by Gasteiger charge is -2.11. The van der Waals surface area contributed by atoms with Crippen LogP contribution in [-0.4, -0.2) is 35.2 Å².